The standard InChI is InChI=1S/C24H48N2O8S2/c1-3-5-7-9-11-15-23(27)25(17-13-21-35(29,30)31)19-20-26(18-14-22-36(32,33)34)24(28)16-12-10-8-6-4-2/h3-22H2,1-2H3,(H,29,30,31)(H,32,33,34). The molecule has 12 heteroatoms. The summed E-state index contributed by atoms with van der Waals surface area (Å²) in [4.78, 5) is 28.7. The number of hydrogen-bond acceptors (Lipinski definition) is 6. The fraction of sp³-hybridized carbons (Fsp3) is 0.917. The average Bonchev–Trinajstić information content (AvgIpc) is 2.77. The zero-order valence-electron chi connectivity index (χ0n) is 22.2. The van der Waals surface area contributed by atoms with Gasteiger partial charge in [-0.25, -0.2) is 0 Å². The fourth-order valence-corrected chi connectivity index (χ4v) is 4.90. The third kappa shape index (κ3) is 20.9. The maximum atomic E-state index is 12.8. The predicted octanol–water partition coefficient (Wildman–Crippen LogP) is 3.92. The highest BCUT2D eigenvalue weighted by Gasteiger charge is 2.19. The van der Waals surface area contributed by atoms with Gasteiger partial charge in [-0.15, -0.1) is 0 Å². The second-order valence-electron chi connectivity index (χ2n) is 9.37. The van der Waals surface area contributed by atoms with Crippen LogP contribution in [0.15, 0.2) is 0 Å². The van der Waals surface area contributed by atoms with Crippen molar-refractivity contribution in [1.82, 2.24) is 9.80 Å². The second-order valence-corrected chi connectivity index (χ2v) is 12.5. The van der Waals surface area contributed by atoms with Crippen LogP contribution in [0.3, 0.4) is 0 Å². The highest BCUT2D eigenvalue weighted by molar-refractivity contribution is 7.86. The Morgan fingerprint density at radius 2 is 0.861 bits per heavy atom. The quantitative estimate of drug-likeness (QED) is 0.142. The lowest BCUT2D eigenvalue weighted by Gasteiger charge is -2.28. The van der Waals surface area contributed by atoms with Crippen LogP contribution in [0, 0.1) is 0 Å². The molecule has 0 aromatic carbocycles. The summed E-state index contributed by atoms with van der Waals surface area (Å²) in [5.41, 5.74) is 0. The largest absolute Gasteiger partial charge is 0.341 e. The molecular formula is C24H48N2O8S2. The fourth-order valence-electron chi connectivity index (χ4n) is 3.92. The second kappa shape index (κ2) is 19.8. The molecule has 2 amide bonds. The lowest BCUT2D eigenvalue weighted by molar-refractivity contribution is -0.135. The van der Waals surface area contributed by atoms with E-state index in [4.69, 9.17) is 9.11 Å². The van der Waals surface area contributed by atoms with E-state index < -0.39 is 31.7 Å². The zero-order valence-corrected chi connectivity index (χ0v) is 23.8. The van der Waals surface area contributed by atoms with Crippen LogP contribution in [0.1, 0.15) is 104 Å². The monoisotopic (exact) mass is 556 g/mol. The first-order chi connectivity index (χ1) is 16.9. The summed E-state index contributed by atoms with van der Waals surface area (Å²) in [5, 5.41) is 0. The van der Waals surface area contributed by atoms with Gasteiger partial charge in [0.25, 0.3) is 20.2 Å². The van der Waals surface area contributed by atoms with Crippen molar-refractivity contribution in [3.63, 3.8) is 0 Å². The van der Waals surface area contributed by atoms with E-state index in [2.05, 4.69) is 13.8 Å². The van der Waals surface area contributed by atoms with Crippen LogP contribution in [0.2, 0.25) is 0 Å². The predicted molar refractivity (Wildman–Crippen MR) is 142 cm³/mol. The van der Waals surface area contributed by atoms with Gasteiger partial charge in [-0.05, 0) is 25.7 Å². The van der Waals surface area contributed by atoms with Crippen LogP contribution in [0.25, 0.3) is 0 Å². The van der Waals surface area contributed by atoms with E-state index in [1.54, 1.807) is 0 Å². The Kier molecular flexibility index (Phi) is 19.1. The molecule has 0 unspecified atom stereocenters. The van der Waals surface area contributed by atoms with Gasteiger partial charge in [0, 0.05) is 39.0 Å². The molecule has 36 heavy (non-hydrogen) atoms. The van der Waals surface area contributed by atoms with Gasteiger partial charge in [-0.3, -0.25) is 18.7 Å². The smallest absolute Gasteiger partial charge is 0.264 e. The summed E-state index contributed by atoms with van der Waals surface area (Å²) in [6, 6.07) is 0. The third-order valence-electron chi connectivity index (χ3n) is 5.99. The van der Waals surface area contributed by atoms with E-state index in [-0.39, 0.29) is 50.8 Å². The minimum Gasteiger partial charge on any atom is -0.341 e. The highest BCUT2D eigenvalue weighted by atomic mass is 32.2. The first-order valence-corrected chi connectivity index (χ1v) is 16.6. The SMILES string of the molecule is CCCCCCCC(=O)N(CCCS(=O)(=O)O)CCN(CCCS(=O)(=O)O)C(=O)CCCCCCC. The Bertz CT molecular complexity index is 748. The molecule has 0 rings (SSSR count). The maximum Gasteiger partial charge on any atom is 0.264 e. The summed E-state index contributed by atoms with van der Waals surface area (Å²) >= 11 is 0. The van der Waals surface area contributed by atoms with Crippen LogP contribution in [0.5, 0.6) is 0 Å². The van der Waals surface area contributed by atoms with E-state index in [1.165, 1.54) is 9.80 Å². The van der Waals surface area contributed by atoms with Gasteiger partial charge in [-0.2, -0.15) is 16.8 Å². The third-order valence-corrected chi connectivity index (χ3v) is 7.60. The zero-order chi connectivity index (χ0) is 27.5. The molecule has 0 saturated heterocycles. The first kappa shape index (κ1) is 34.8. The van der Waals surface area contributed by atoms with Crippen LogP contribution < -0.4 is 0 Å². The molecule has 0 atom stereocenters. The summed E-state index contributed by atoms with van der Waals surface area (Å²) in [7, 11) is -8.29. The van der Waals surface area contributed by atoms with Gasteiger partial charge in [0.2, 0.25) is 11.8 Å². The van der Waals surface area contributed by atoms with Crippen molar-refractivity contribution in [2.75, 3.05) is 37.7 Å². The molecule has 0 spiro atoms. The van der Waals surface area contributed by atoms with Gasteiger partial charge >= 0.3 is 0 Å². The Labute approximate surface area is 218 Å². The Balaban J connectivity index is 5.11. The molecule has 0 fully saturated rings. The summed E-state index contributed by atoms with van der Waals surface area (Å²) < 4.78 is 62.5. The van der Waals surface area contributed by atoms with Crippen LogP contribution >= 0.6 is 0 Å². The molecule has 0 radical (unpaired) electrons. The summed E-state index contributed by atoms with van der Waals surface area (Å²) in [5.74, 6) is -1.18. The van der Waals surface area contributed by atoms with Gasteiger partial charge in [0.15, 0.2) is 0 Å². The Morgan fingerprint density at radius 1 is 0.528 bits per heavy atom. The molecular weight excluding hydrogens is 508 g/mol. The minimum atomic E-state index is -4.14. The summed E-state index contributed by atoms with van der Waals surface area (Å²) in [6.07, 6.45) is 10.6. The molecule has 0 aliphatic rings. The van der Waals surface area contributed by atoms with Crippen LogP contribution in [-0.2, 0) is 29.8 Å². The Hall–Kier alpha value is -1.24. The number of nitrogens with zero attached hydrogens (tertiary/aromatic N) is 2. The minimum absolute atomic E-state index is 0.0779. The van der Waals surface area contributed by atoms with Crippen molar-refractivity contribution < 1.29 is 35.5 Å². The Morgan fingerprint density at radius 3 is 1.17 bits per heavy atom. The van der Waals surface area contributed by atoms with Crippen LogP contribution in [-0.4, -0.2) is 85.2 Å². The lowest BCUT2D eigenvalue weighted by Crippen LogP contribution is -2.42. The normalized spacial score (nSPS) is 12.0. The summed E-state index contributed by atoms with van der Waals surface area (Å²) in [6.45, 7) is 4.86. The van der Waals surface area contributed by atoms with Crippen molar-refractivity contribution in [3.8, 4) is 0 Å². The molecule has 10 nitrogen and oxygen atoms in total. The first-order valence-electron chi connectivity index (χ1n) is 13.4. The number of amides is 2. The molecule has 0 bridgehead atoms. The molecule has 0 aromatic heterocycles. The van der Waals surface area contributed by atoms with Crippen molar-refractivity contribution in [3.05, 3.63) is 0 Å². The van der Waals surface area contributed by atoms with Gasteiger partial charge < -0.3 is 9.80 Å². The van der Waals surface area contributed by atoms with Gasteiger partial charge in [0.1, 0.15) is 0 Å². The lowest BCUT2D eigenvalue weighted by atomic mass is 10.1. The van der Waals surface area contributed by atoms with Crippen molar-refractivity contribution in [1.29, 1.82) is 0 Å². The number of unbranched alkanes of at least 4 members (excludes halogenated alkanes) is 8. The highest BCUT2D eigenvalue weighted by Crippen LogP contribution is 2.11. The molecule has 0 aliphatic heterocycles. The van der Waals surface area contributed by atoms with Crippen molar-refractivity contribution in [2.45, 2.75) is 104 Å². The molecule has 214 valence electrons. The number of carbonyl (C=O) groups is 2. The average molecular weight is 557 g/mol. The molecule has 0 heterocycles. The van der Waals surface area contributed by atoms with Gasteiger partial charge in [0.05, 0.1) is 11.5 Å². The molecule has 0 saturated carbocycles. The van der Waals surface area contributed by atoms with Gasteiger partial charge in [-0.1, -0.05) is 65.2 Å². The van der Waals surface area contributed by atoms with Crippen molar-refractivity contribution >= 4 is 32.1 Å². The molecule has 0 aromatic rings. The number of carbonyl (C=O) groups excluding carboxylic acids is 2. The number of hydrogen-bond donors (Lipinski definition) is 2. The molecule has 2 N–H and O–H groups in total. The molecule has 0 aliphatic carbocycles. The van der Waals surface area contributed by atoms with Crippen LogP contribution in [0.4, 0.5) is 0 Å². The van der Waals surface area contributed by atoms with E-state index >= 15 is 0 Å². The van der Waals surface area contributed by atoms with Crippen molar-refractivity contribution in [2.24, 2.45) is 0 Å². The van der Waals surface area contributed by atoms with E-state index in [0.717, 1.165) is 64.2 Å². The maximum absolute atomic E-state index is 12.8. The topological polar surface area (TPSA) is 149 Å². The van der Waals surface area contributed by atoms with E-state index in [0.29, 0.717) is 12.8 Å². The van der Waals surface area contributed by atoms with E-state index in [9.17, 15) is 26.4 Å². The van der Waals surface area contributed by atoms with E-state index in [1.807, 2.05) is 0 Å². The number of rotatable bonds is 23.